The Morgan fingerprint density at radius 1 is 1.26 bits per heavy atom. The minimum Gasteiger partial charge on any atom is -0.497 e. The third-order valence-electron chi connectivity index (χ3n) is 2.45. The number of rotatable bonds is 4. The van der Waals surface area contributed by atoms with E-state index in [2.05, 4.69) is 15.3 Å². The van der Waals surface area contributed by atoms with Gasteiger partial charge in [0.1, 0.15) is 11.5 Å². The van der Waals surface area contributed by atoms with Crippen molar-refractivity contribution in [3.05, 3.63) is 29.7 Å². The van der Waals surface area contributed by atoms with Gasteiger partial charge in [-0.25, -0.2) is 4.98 Å². The van der Waals surface area contributed by atoms with Crippen LogP contribution in [0.15, 0.2) is 24.4 Å². The molecule has 0 radical (unpaired) electrons. The van der Waals surface area contributed by atoms with Crippen LogP contribution in [0.4, 0.5) is 17.2 Å². The molecule has 0 atom stereocenters. The molecule has 1 heterocycles. The summed E-state index contributed by atoms with van der Waals surface area (Å²) in [4.78, 5) is 7.81. The Morgan fingerprint density at radius 3 is 2.74 bits per heavy atom. The molecular formula is C12H13ClN4O2. The lowest BCUT2D eigenvalue weighted by Crippen LogP contribution is -2.02. The summed E-state index contributed by atoms with van der Waals surface area (Å²) in [6, 6.07) is 5.35. The molecule has 19 heavy (non-hydrogen) atoms. The summed E-state index contributed by atoms with van der Waals surface area (Å²) < 4.78 is 10.4. The van der Waals surface area contributed by atoms with Crippen LogP contribution >= 0.6 is 11.6 Å². The number of aromatic nitrogens is 2. The highest BCUT2D eigenvalue weighted by Gasteiger charge is 2.09. The Bertz CT molecular complexity index is 592. The molecule has 0 bridgehead atoms. The van der Waals surface area contributed by atoms with E-state index in [0.29, 0.717) is 28.7 Å². The Hall–Kier alpha value is -2.21. The standard InChI is InChI=1S/C12H13ClN4O2/c1-18-7-3-4-9(10(5-7)19-2)16-11-8(14)6-15-12(13)17-11/h3-6H,14H2,1-2H3,(H,15,16,17). The van der Waals surface area contributed by atoms with Gasteiger partial charge in [-0.1, -0.05) is 0 Å². The number of hydrogen-bond acceptors (Lipinski definition) is 6. The van der Waals surface area contributed by atoms with Gasteiger partial charge in [0.15, 0.2) is 5.82 Å². The SMILES string of the molecule is COc1ccc(Nc2nc(Cl)ncc2N)c(OC)c1. The summed E-state index contributed by atoms with van der Waals surface area (Å²) in [5, 5.41) is 3.16. The second-order valence-electron chi connectivity index (χ2n) is 3.63. The molecule has 7 heteroatoms. The predicted octanol–water partition coefficient (Wildman–Crippen LogP) is 2.47. The number of methoxy groups -OCH3 is 2. The van der Waals surface area contributed by atoms with Crippen molar-refractivity contribution in [1.29, 1.82) is 0 Å². The molecule has 0 saturated carbocycles. The average molecular weight is 281 g/mol. The highest BCUT2D eigenvalue weighted by molar-refractivity contribution is 6.28. The Balaban J connectivity index is 2.35. The van der Waals surface area contributed by atoms with Gasteiger partial charge in [-0.05, 0) is 23.7 Å². The minimum absolute atomic E-state index is 0.115. The molecule has 0 saturated heterocycles. The van der Waals surface area contributed by atoms with Crippen molar-refractivity contribution in [1.82, 2.24) is 9.97 Å². The largest absolute Gasteiger partial charge is 0.497 e. The van der Waals surface area contributed by atoms with E-state index in [4.69, 9.17) is 26.8 Å². The van der Waals surface area contributed by atoms with E-state index in [1.54, 1.807) is 32.4 Å². The summed E-state index contributed by atoms with van der Waals surface area (Å²) in [7, 11) is 3.15. The van der Waals surface area contributed by atoms with Gasteiger partial charge in [-0.2, -0.15) is 4.98 Å². The molecule has 1 aromatic carbocycles. The zero-order chi connectivity index (χ0) is 13.8. The van der Waals surface area contributed by atoms with E-state index < -0.39 is 0 Å². The Morgan fingerprint density at radius 2 is 2.05 bits per heavy atom. The molecule has 0 fully saturated rings. The van der Waals surface area contributed by atoms with E-state index >= 15 is 0 Å². The van der Waals surface area contributed by atoms with Crippen molar-refractivity contribution in [3.63, 3.8) is 0 Å². The van der Waals surface area contributed by atoms with Crippen molar-refractivity contribution < 1.29 is 9.47 Å². The van der Waals surface area contributed by atoms with Crippen molar-refractivity contribution in [2.45, 2.75) is 0 Å². The first-order valence-electron chi connectivity index (χ1n) is 5.41. The maximum Gasteiger partial charge on any atom is 0.224 e. The minimum atomic E-state index is 0.115. The van der Waals surface area contributed by atoms with Crippen LogP contribution in [-0.4, -0.2) is 24.2 Å². The van der Waals surface area contributed by atoms with Crippen molar-refractivity contribution in [3.8, 4) is 11.5 Å². The topological polar surface area (TPSA) is 82.3 Å². The van der Waals surface area contributed by atoms with Crippen LogP contribution in [0.25, 0.3) is 0 Å². The van der Waals surface area contributed by atoms with Gasteiger partial charge in [0.25, 0.3) is 0 Å². The number of ether oxygens (including phenoxy) is 2. The molecule has 100 valence electrons. The second-order valence-corrected chi connectivity index (χ2v) is 3.97. The first-order chi connectivity index (χ1) is 9.13. The monoisotopic (exact) mass is 280 g/mol. The molecule has 0 unspecified atom stereocenters. The summed E-state index contributed by atoms with van der Waals surface area (Å²) in [6.45, 7) is 0. The highest BCUT2D eigenvalue weighted by atomic mass is 35.5. The number of nitrogens with two attached hydrogens (primary N) is 1. The van der Waals surface area contributed by atoms with Crippen LogP contribution < -0.4 is 20.5 Å². The molecule has 0 aliphatic rings. The van der Waals surface area contributed by atoms with Gasteiger partial charge in [0, 0.05) is 6.07 Å². The van der Waals surface area contributed by atoms with Gasteiger partial charge < -0.3 is 20.5 Å². The van der Waals surface area contributed by atoms with Gasteiger partial charge in [-0.3, -0.25) is 0 Å². The first kappa shape index (κ1) is 13.2. The summed E-state index contributed by atoms with van der Waals surface area (Å²) >= 11 is 5.74. The second kappa shape index (κ2) is 5.62. The summed E-state index contributed by atoms with van der Waals surface area (Å²) in [6.07, 6.45) is 1.44. The summed E-state index contributed by atoms with van der Waals surface area (Å²) in [5.41, 5.74) is 6.86. The Labute approximate surface area is 115 Å². The molecule has 0 amide bonds. The molecule has 2 rings (SSSR count). The van der Waals surface area contributed by atoms with Crippen molar-refractivity contribution in [2.75, 3.05) is 25.3 Å². The van der Waals surface area contributed by atoms with Crippen LogP contribution in [0, 0.1) is 0 Å². The molecule has 1 aromatic heterocycles. The third-order valence-corrected chi connectivity index (χ3v) is 2.63. The maximum absolute atomic E-state index is 5.77. The molecule has 6 nitrogen and oxygen atoms in total. The third kappa shape index (κ3) is 2.97. The van der Waals surface area contributed by atoms with E-state index in [9.17, 15) is 0 Å². The predicted molar refractivity (Wildman–Crippen MR) is 74.3 cm³/mol. The number of benzene rings is 1. The smallest absolute Gasteiger partial charge is 0.224 e. The molecule has 0 aliphatic carbocycles. The average Bonchev–Trinajstić information content (AvgIpc) is 2.43. The van der Waals surface area contributed by atoms with Gasteiger partial charge >= 0.3 is 0 Å². The van der Waals surface area contributed by atoms with Crippen LogP contribution in [0.5, 0.6) is 11.5 Å². The van der Waals surface area contributed by atoms with Crippen molar-refractivity contribution in [2.24, 2.45) is 0 Å². The number of nitrogens with zero attached hydrogens (tertiary/aromatic N) is 2. The van der Waals surface area contributed by atoms with E-state index in [1.807, 2.05) is 0 Å². The fourth-order valence-corrected chi connectivity index (χ4v) is 1.63. The zero-order valence-electron chi connectivity index (χ0n) is 10.5. The van der Waals surface area contributed by atoms with E-state index in [-0.39, 0.29) is 5.28 Å². The fraction of sp³-hybridized carbons (Fsp3) is 0.167. The van der Waals surface area contributed by atoms with Crippen LogP contribution in [0.3, 0.4) is 0 Å². The summed E-state index contributed by atoms with van der Waals surface area (Å²) in [5.74, 6) is 1.72. The normalized spacial score (nSPS) is 10.1. The molecular weight excluding hydrogens is 268 g/mol. The highest BCUT2D eigenvalue weighted by Crippen LogP contribution is 2.32. The Kier molecular flexibility index (Phi) is 3.91. The lowest BCUT2D eigenvalue weighted by Gasteiger charge is -2.13. The fourth-order valence-electron chi connectivity index (χ4n) is 1.50. The van der Waals surface area contributed by atoms with Gasteiger partial charge in [0.05, 0.1) is 31.8 Å². The molecule has 3 N–H and O–H groups in total. The van der Waals surface area contributed by atoms with Crippen LogP contribution in [0.2, 0.25) is 5.28 Å². The molecule has 0 spiro atoms. The van der Waals surface area contributed by atoms with Gasteiger partial charge in [0.2, 0.25) is 5.28 Å². The van der Waals surface area contributed by atoms with Crippen LogP contribution in [-0.2, 0) is 0 Å². The van der Waals surface area contributed by atoms with Crippen molar-refractivity contribution >= 4 is 28.8 Å². The maximum atomic E-state index is 5.77. The van der Waals surface area contributed by atoms with Crippen LogP contribution in [0.1, 0.15) is 0 Å². The number of halogens is 1. The number of hydrogen-bond donors (Lipinski definition) is 2. The van der Waals surface area contributed by atoms with E-state index in [0.717, 1.165) is 0 Å². The number of nitrogens with one attached hydrogen (secondary N) is 1. The molecule has 0 aliphatic heterocycles. The quantitative estimate of drug-likeness (QED) is 0.837. The number of anilines is 3. The lowest BCUT2D eigenvalue weighted by atomic mass is 10.2. The lowest BCUT2D eigenvalue weighted by molar-refractivity contribution is 0.395. The first-order valence-corrected chi connectivity index (χ1v) is 5.79. The van der Waals surface area contributed by atoms with Gasteiger partial charge in [-0.15, -0.1) is 0 Å². The zero-order valence-corrected chi connectivity index (χ0v) is 11.2. The number of nitrogen functional groups attached to an aromatic ring is 1. The van der Waals surface area contributed by atoms with E-state index in [1.165, 1.54) is 6.20 Å². The molecule has 2 aromatic rings.